The first-order valence-corrected chi connectivity index (χ1v) is 15.5. The van der Waals surface area contributed by atoms with Crippen molar-refractivity contribution < 1.29 is 33.3 Å². The molecule has 3 N–H and O–H groups in total. The van der Waals surface area contributed by atoms with E-state index in [2.05, 4.69) is 31.3 Å². The Balaban J connectivity index is 1.19. The van der Waals surface area contributed by atoms with E-state index in [0.29, 0.717) is 6.61 Å². The lowest BCUT2D eigenvalue weighted by Crippen LogP contribution is -2.50. The van der Waals surface area contributed by atoms with E-state index in [9.17, 15) is 14.4 Å². The summed E-state index contributed by atoms with van der Waals surface area (Å²) in [5.74, 6) is -0.314. The highest BCUT2D eigenvalue weighted by Gasteiger charge is 2.51. The van der Waals surface area contributed by atoms with E-state index in [1.165, 1.54) is 6.08 Å². The van der Waals surface area contributed by atoms with E-state index in [-0.39, 0.29) is 66.3 Å². The van der Waals surface area contributed by atoms with Crippen LogP contribution in [0.1, 0.15) is 79.1 Å². The van der Waals surface area contributed by atoms with Crippen molar-refractivity contribution in [3.05, 3.63) is 36.0 Å². The second-order valence-electron chi connectivity index (χ2n) is 12.6. The fourth-order valence-corrected chi connectivity index (χ4v) is 6.15. The van der Waals surface area contributed by atoms with Crippen LogP contribution in [0.25, 0.3) is 0 Å². The summed E-state index contributed by atoms with van der Waals surface area (Å²) in [6, 6.07) is -0.0988. The van der Waals surface area contributed by atoms with Crippen LogP contribution in [0.2, 0.25) is 0 Å². The number of epoxide rings is 1. The van der Waals surface area contributed by atoms with Gasteiger partial charge in [0.25, 0.3) is 0 Å². The number of rotatable bonds is 10. The van der Waals surface area contributed by atoms with Crippen LogP contribution in [0.15, 0.2) is 36.0 Å². The third kappa shape index (κ3) is 9.67. The summed E-state index contributed by atoms with van der Waals surface area (Å²) < 4.78 is 23.5. The topological polar surface area (TPSA) is 133 Å². The summed E-state index contributed by atoms with van der Waals surface area (Å²) in [6.45, 7) is 10.1. The normalized spacial score (nSPS) is 34.5. The highest BCUT2D eigenvalue weighted by atomic mass is 16.6. The smallest absolute Gasteiger partial charge is 0.410 e. The predicted octanol–water partition coefficient (Wildman–Crippen LogP) is 3.94. The number of ether oxygens (including phenoxy) is 4. The van der Waals surface area contributed by atoms with Crippen molar-refractivity contribution in [2.75, 3.05) is 19.7 Å². The molecule has 4 aliphatic heterocycles. The number of carbonyl (C=O) groups is 3. The van der Waals surface area contributed by atoms with Crippen LogP contribution < -0.4 is 11.1 Å². The van der Waals surface area contributed by atoms with Gasteiger partial charge >= 0.3 is 6.09 Å². The van der Waals surface area contributed by atoms with Crippen LogP contribution in [0.3, 0.4) is 0 Å². The Morgan fingerprint density at radius 1 is 1.12 bits per heavy atom. The number of hydrogen-bond acceptors (Lipinski definition) is 7. The molecule has 42 heavy (non-hydrogen) atoms. The molecule has 3 amide bonds. The Labute approximate surface area is 250 Å². The molecule has 8 atom stereocenters. The van der Waals surface area contributed by atoms with Crippen molar-refractivity contribution in [1.82, 2.24) is 10.2 Å². The fourth-order valence-electron chi connectivity index (χ4n) is 6.15. The lowest BCUT2D eigenvalue weighted by molar-refractivity contribution is -0.125. The average molecular weight is 588 g/mol. The number of primary amides is 1. The van der Waals surface area contributed by atoms with Crippen molar-refractivity contribution in [1.29, 1.82) is 0 Å². The maximum atomic E-state index is 12.6. The molecule has 4 rings (SSSR count). The summed E-state index contributed by atoms with van der Waals surface area (Å²) in [4.78, 5) is 38.0. The van der Waals surface area contributed by atoms with Gasteiger partial charge in [-0.05, 0) is 64.9 Å². The number of hydrogen-bond donors (Lipinski definition) is 2. The molecule has 4 aliphatic rings. The van der Waals surface area contributed by atoms with Gasteiger partial charge in [-0.25, -0.2) is 4.79 Å². The van der Waals surface area contributed by atoms with Gasteiger partial charge in [0.2, 0.25) is 11.8 Å². The first kappa shape index (κ1) is 32.2. The molecule has 234 valence electrons. The molecule has 1 spiro atoms. The number of likely N-dealkylation sites (tertiary alicyclic amines) is 1. The van der Waals surface area contributed by atoms with Gasteiger partial charge in [-0.3, -0.25) is 9.59 Å². The number of carbonyl (C=O) groups excluding carboxylic acids is 3. The van der Waals surface area contributed by atoms with Crippen molar-refractivity contribution >= 4 is 17.9 Å². The molecule has 0 radical (unpaired) electrons. The first-order valence-electron chi connectivity index (χ1n) is 15.5. The van der Waals surface area contributed by atoms with E-state index < -0.39 is 6.10 Å². The second kappa shape index (κ2) is 14.7. The largest absolute Gasteiger partial charge is 0.442 e. The molecule has 0 aromatic rings. The molecule has 0 aliphatic carbocycles. The minimum absolute atomic E-state index is 0.0512. The molecule has 0 bridgehead atoms. The molecule has 10 heteroatoms. The van der Waals surface area contributed by atoms with Gasteiger partial charge in [-0.15, -0.1) is 0 Å². The van der Waals surface area contributed by atoms with E-state index in [0.717, 1.165) is 63.6 Å². The molecule has 0 aromatic carbocycles. The van der Waals surface area contributed by atoms with Crippen LogP contribution in [-0.2, 0) is 28.5 Å². The summed E-state index contributed by atoms with van der Waals surface area (Å²) in [7, 11) is 0. The van der Waals surface area contributed by atoms with E-state index >= 15 is 0 Å². The molecule has 4 saturated heterocycles. The summed E-state index contributed by atoms with van der Waals surface area (Å²) in [6.07, 6.45) is 14.6. The van der Waals surface area contributed by atoms with E-state index in [4.69, 9.17) is 24.7 Å². The summed E-state index contributed by atoms with van der Waals surface area (Å²) in [5.41, 5.74) is 6.34. The van der Waals surface area contributed by atoms with Gasteiger partial charge < -0.3 is 34.9 Å². The van der Waals surface area contributed by atoms with Gasteiger partial charge in [-0.2, -0.15) is 0 Å². The highest BCUT2D eigenvalue weighted by Crippen LogP contribution is 2.43. The Hall–Kier alpha value is -2.69. The number of allylic oxidation sites excluding steroid dienone is 2. The molecule has 4 fully saturated rings. The monoisotopic (exact) mass is 587 g/mol. The minimum Gasteiger partial charge on any atom is -0.442 e. The maximum absolute atomic E-state index is 12.6. The quantitative estimate of drug-likeness (QED) is 0.225. The molecular weight excluding hydrogens is 538 g/mol. The van der Waals surface area contributed by atoms with Crippen LogP contribution in [0, 0.1) is 5.92 Å². The third-order valence-electron chi connectivity index (χ3n) is 8.73. The van der Waals surface area contributed by atoms with Crippen LogP contribution in [0.5, 0.6) is 0 Å². The molecule has 0 aromatic heterocycles. The second-order valence-corrected chi connectivity index (χ2v) is 12.6. The average Bonchev–Trinajstić information content (AvgIpc) is 3.69. The van der Waals surface area contributed by atoms with E-state index in [1.807, 2.05) is 13.0 Å². The zero-order chi connectivity index (χ0) is 30.3. The van der Waals surface area contributed by atoms with Gasteiger partial charge in [0, 0.05) is 32.0 Å². The van der Waals surface area contributed by atoms with Crippen LogP contribution >= 0.6 is 0 Å². The van der Waals surface area contributed by atoms with Crippen molar-refractivity contribution in [2.45, 2.75) is 121 Å². The van der Waals surface area contributed by atoms with Gasteiger partial charge in [-0.1, -0.05) is 30.7 Å². The summed E-state index contributed by atoms with van der Waals surface area (Å²) >= 11 is 0. The molecule has 0 unspecified atom stereocenters. The number of nitrogens with zero attached hydrogens (tertiary/aromatic N) is 1. The first-order chi connectivity index (χ1) is 20.0. The van der Waals surface area contributed by atoms with Gasteiger partial charge in [0.1, 0.15) is 6.10 Å². The zero-order valence-corrected chi connectivity index (χ0v) is 25.6. The molecule has 10 nitrogen and oxygen atoms in total. The van der Waals surface area contributed by atoms with Gasteiger partial charge in [0.15, 0.2) is 0 Å². The van der Waals surface area contributed by atoms with E-state index in [1.54, 1.807) is 17.9 Å². The van der Waals surface area contributed by atoms with Crippen molar-refractivity contribution in [3.8, 4) is 0 Å². The SMILES string of the molecule is CC(/C=C/[C@@H]1C[C@@]2(CO2)C[C@@H](CC(N)=O)O1)=C\C[C@@H]1O[C@H](C)[C@H](NC(=O)/C=C\[C@H](C)OC(=O)N2CCCCC2)C[C@@H]1C. The van der Waals surface area contributed by atoms with Crippen LogP contribution in [-0.4, -0.2) is 84.7 Å². The predicted molar refractivity (Wildman–Crippen MR) is 158 cm³/mol. The third-order valence-corrected chi connectivity index (χ3v) is 8.73. The fraction of sp³-hybridized carbons (Fsp3) is 0.719. The van der Waals surface area contributed by atoms with Gasteiger partial charge in [0.05, 0.1) is 49.1 Å². The van der Waals surface area contributed by atoms with Crippen LogP contribution in [0.4, 0.5) is 4.79 Å². The lowest BCUT2D eigenvalue weighted by Gasteiger charge is -2.39. The Morgan fingerprint density at radius 2 is 1.86 bits per heavy atom. The Morgan fingerprint density at radius 3 is 2.55 bits per heavy atom. The number of nitrogens with one attached hydrogen (secondary N) is 1. The number of nitrogens with two attached hydrogens (primary N) is 1. The minimum atomic E-state index is -0.484. The Kier molecular flexibility index (Phi) is 11.3. The number of piperidine rings is 1. The summed E-state index contributed by atoms with van der Waals surface area (Å²) in [5, 5.41) is 3.06. The van der Waals surface area contributed by atoms with Crippen molar-refractivity contribution in [3.63, 3.8) is 0 Å². The maximum Gasteiger partial charge on any atom is 0.410 e. The zero-order valence-electron chi connectivity index (χ0n) is 25.6. The van der Waals surface area contributed by atoms with Crippen molar-refractivity contribution in [2.24, 2.45) is 11.7 Å². The standard InChI is InChI=1S/C32H49N3O7/c1-21(8-11-25-18-32(20-39-32)19-26(42-25)17-29(33)36)9-12-28-22(2)16-27(24(4)41-28)34-30(37)13-10-23(3)40-31(38)35-14-6-5-7-15-35/h8-11,13,22-28H,5-7,12,14-20H2,1-4H3,(H2,33,36)(H,34,37)/b11-8+,13-10-,21-9+/t22-,23-,24+,25+,26+,27+,28-,32-/m0/s1. The molecular formula is C32H49N3O7. The number of amides is 3. The molecule has 4 heterocycles. The lowest BCUT2D eigenvalue weighted by atomic mass is 9.88. The highest BCUT2D eigenvalue weighted by molar-refractivity contribution is 5.87. The Bertz CT molecular complexity index is 1050. The molecule has 0 saturated carbocycles.